The normalized spacial score (nSPS) is 20.4. The zero-order valence-electron chi connectivity index (χ0n) is 7.75. The topological polar surface area (TPSA) is 76.7 Å². The van der Waals surface area contributed by atoms with Gasteiger partial charge in [0.2, 0.25) is 0 Å². The second kappa shape index (κ2) is 3.60. The summed E-state index contributed by atoms with van der Waals surface area (Å²) < 4.78 is 11.5. The average Bonchev–Trinajstić information content (AvgIpc) is 2.26. The molecule has 0 aromatic carbocycles. The van der Waals surface area contributed by atoms with E-state index in [1.54, 1.807) is 13.0 Å². The van der Waals surface area contributed by atoms with Gasteiger partial charge in [-0.1, -0.05) is 0 Å². The summed E-state index contributed by atoms with van der Waals surface area (Å²) in [5.74, 6) is 0.308. The van der Waals surface area contributed by atoms with Gasteiger partial charge in [0, 0.05) is 12.5 Å². The van der Waals surface area contributed by atoms with Gasteiger partial charge in [-0.3, -0.25) is 0 Å². The van der Waals surface area contributed by atoms with Crippen LogP contribution in [0.3, 0.4) is 0 Å². The van der Waals surface area contributed by atoms with Crippen LogP contribution in [-0.2, 0) is 4.74 Å². The molecule has 1 aromatic rings. The van der Waals surface area contributed by atoms with Crippen molar-refractivity contribution in [2.75, 3.05) is 6.61 Å². The maximum Gasteiger partial charge on any atom is 0.708 e. The monoisotopic (exact) mass is 198 g/mol. The summed E-state index contributed by atoms with van der Waals surface area (Å²) in [4.78, 5) is 0. The first-order valence-corrected chi connectivity index (χ1v) is 4.37. The van der Waals surface area contributed by atoms with Gasteiger partial charge in [-0.25, -0.2) is 4.68 Å². The van der Waals surface area contributed by atoms with Gasteiger partial charge in [-0.15, -0.1) is 0 Å². The SMILES string of the molecule is Cc1cc(OB(O)O)n(C2CCO2)n1. The standard InChI is InChI=1S/C7H11BN2O4/c1-5-4-7(14-8(11)12)10(9-5)6-2-3-13-6/h4,6,11-12H,2-3H2,1H3. The number of hydrogen-bond acceptors (Lipinski definition) is 5. The number of ether oxygens (including phenoxy) is 1. The fourth-order valence-electron chi connectivity index (χ4n) is 1.31. The molecule has 1 unspecified atom stereocenters. The van der Waals surface area contributed by atoms with Crippen LogP contribution in [0.5, 0.6) is 5.88 Å². The van der Waals surface area contributed by atoms with Crippen molar-refractivity contribution in [2.45, 2.75) is 19.6 Å². The second-order valence-corrected chi connectivity index (χ2v) is 3.13. The molecule has 2 heterocycles. The van der Waals surface area contributed by atoms with Crippen molar-refractivity contribution < 1.29 is 19.4 Å². The molecule has 1 aliphatic rings. The lowest BCUT2D eigenvalue weighted by molar-refractivity contribution is -0.109. The Hall–Kier alpha value is -1.05. The van der Waals surface area contributed by atoms with E-state index in [0.717, 1.165) is 12.1 Å². The fourth-order valence-corrected chi connectivity index (χ4v) is 1.31. The van der Waals surface area contributed by atoms with E-state index in [0.29, 0.717) is 12.5 Å². The Morgan fingerprint density at radius 1 is 1.71 bits per heavy atom. The quantitative estimate of drug-likeness (QED) is 0.637. The molecule has 0 radical (unpaired) electrons. The summed E-state index contributed by atoms with van der Waals surface area (Å²) in [5, 5.41) is 21.5. The molecule has 76 valence electrons. The maximum absolute atomic E-state index is 8.66. The van der Waals surface area contributed by atoms with Gasteiger partial charge in [-0.2, -0.15) is 5.10 Å². The van der Waals surface area contributed by atoms with Crippen LogP contribution in [0.1, 0.15) is 18.3 Å². The highest BCUT2D eigenvalue weighted by Crippen LogP contribution is 2.28. The third-order valence-electron chi connectivity index (χ3n) is 2.00. The van der Waals surface area contributed by atoms with Gasteiger partial charge in [0.15, 0.2) is 12.1 Å². The fraction of sp³-hybridized carbons (Fsp3) is 0.571. The van der Waals surface area contributed by atoms with E-state index in [-0.39, 0.29) is 6.23 Å². The zero-order chi connectivity index (χ0) is 10.1. The first-order valence-electron chi connectivity index (χ1n) is 4.37. The molecule has 0 saturated carbocycles. The van der Waals surface area contributed by atoms with Crippen LogP contribution in [0.25, 0.3) is 0 Å². The van der Waals surface area contributed by atoms with Crippen molar-refractivity contribution in [1.82, 2.24) is 9.78 Å². The van der Waals surface area contributed by atoms with Crippen LogP contribution in [-0.4, -0.2) is 33.8 Å². The summed E-state index contributed by atoms with van der Waals surface area (Å²) in [6.07, 6.45) is 0.719. The third kappa shape index (κ3) is 1.74. The lowest BCUT2D eigenvalue weighted by atomic mass is 10.2. The number of aryl methyl sites for hydroxylation is 1. The van der Waals surface area contributed by atoms with Crippen molar-refractivity contribution >= 4 is 7.32 Å². The molecule has 0 spiro atoms. The molecule has 2 rings (SSSR count). The minimum atomic E-state index is -1.83. The van der Waals surface area contributed by atoms with Crippen molar-refractivity contribution in [3.8, 4) is 5.88 Å². The van der Waals surface area contributed by atoms with E-state index >= 15 is 0 Å². The van der Waals surface area contributed by atoms with Crippen molar-refractivity contribution in [3.05, 3.63) is 11.8 Å². The summed E-state index contributed by atoms with van der Waals surface area (Å²) in [6, 6.07) is 1.63. The van der Waals surface area contributed by atoms with E-state index in [4.69, 9.17) is 19.4 Å². The molecule has 2 N–H and O–H groups in total. The van der Waals surface area contributed by atoms with Crippen molar-refractivity contribution in [3.63, 3.8) is 0 Å². The van der Waals surface area contributed by atoms with Crippen LogP contribution in [0.4, 0.5) is 0 Å². The molecule has 0 aliphatic carbocycles. The molecule has 1 fully saturated rings. The van der Waals surface area contributed by atoms with Gasteiger partial charge >= 0.3 is 7.32 Å². The molecular weight excluding hydrogens is 187 g/mol. The number of hydrogen-bond donors (Lipinski definition) is 2. The van der Waals surface area contributed by atoms with E-state index in [9.17, 15) is 0 Å². The Morgan fingerprint density at radius 3 is 2.93 bits per heavy atom. The zero-order valence-corrected chi connectivity index (χ0v) is 7.75. The van der Waals surface area contributed by atoms with E-state index in [1.807, 2.05) is 0 Å². The molecule has 14 heavy (non-hydrogen) atoms. The summed E-state index contributed by atoms with van der Waals surface area (Å²) >= 11 is 0. The number of aromatic nitrogens is 2. The van der Waals surface area contributed by atoms with Gasteiger partial charge < -0.3 is 19.4 Å². The maximum atomic E-state index is 8.66. The van der Waals surface area contributed by atoms with Crippen LogP contribution in [0, 0.1) is 6.92 Å². The first-order chi connectivity index (χ1) is 6.66. The molecule has 0 amide bonds. The van der Waals surface area contributed by atoms with Gasteiger partial charge in [0.05, 0.1) is 12.3 Å². The minimum Gasteiger partial charge on any atom is -0.498 e. The van der Waals surface area contributed by atoms with Crippen molar-refractivity contribution in [1.29, 1.82) is 0 Å². The first kappa shape index (κ1) is 9.51. The van der Waals surface area contributed by atoms with Gasteiger partial charge in [-0.05, 0) is 6.92 Å². The predicted molar refractivity (Wildman–Crippen MR) is 47.4 cm³/mol. The molecule has 6 nitrogen and oxygen atoms in total. The lowest BCUT2D eigenvalue weighted by Crippen LogP contribution is -2.29. The molecule has 7 heteroatoms. The number of nitrogens with zero attached hydrogens (tertiary/aromatic N) is 2. The summed E-state index contributed by atoms with van der Waals surface area (Å²) in [7, 11) is -1.83. The molecule has 1 saturated heterocycles. The molecule has 1 atom stereocenters. The lowest BCUT2D eigenvalue weighted by Gasteiger charge is -2.27. The smallest absolute Gasteiger partial charge is 0.498 e. The number of rotatable bonds is 3. The van der Waals surface area contributed by atoms with Gasteiger partial charge in [0.25, 0.3) is 0 Å². The second-order valence-electron chi connectivity index (χ2n) is 3.13. The highest BCUT2D eigenvalue weighted by Gasteiger charge is 2.26. The minimum absolute atomic E-state index is 0.141. The molecule has 1 aromatic heterocycles. The van der Waals surface area contributed by atoms with Crippen LogP contribution < -0.4 is 4.65 Å². The molecular formula is C7H11BN2O4. The Bertz CT molecular complexity index is 323. The van der Waals surface area contributed by atoms with Gasteiger partial charge in [0.1, 0.15) is 0 Å². The van der Waals surface area contributed by atoms with E-state index in [2.05, 4.69) is 5.10 Å². The van der Waals surface area contributed by atoms with Crippen LogP contribution in [0.15, 0.2) is 6.07 Å². The molecule has 0 bridgehead atoms. The third-order valence-corrected chi connectivity index (χ3v) is 2.00. The largest absolute Gasteiger partial charge is 0.708 e. The van der Waals surface area contributed by atoms with Crippen molar-refractivity contribution in [2.24, 2.45) is 0 Å². The Balaban J connectivity index is 2.19. The Labute approximate surface area is 81.2 Å². The Kier molecular flexibility index (Phi) is 2.45. The van der Waals surface area contributed by atoms with E-state index < -0.39 is 7.32 Å². The van der Waals surface area contributed by atoms with E-state index in [1.165, 1.54) is 4.68 Å². The Morgan fingerprint density at radius 2 is 2.43 bits per heavy atom. The van der Waals surface area contributed by atoms with Crippen LogP contribution >= 0.6 is 0 Å². The average molecular weight is 198 g/mol. The highest BCUT2D eigenvalue weighted by atomic mass is 16.6. The molecule has 1 aliphatic heterocycles. The summed E-state index contributed by atoms with van der Waals surface area (Å²) in [6.45, 7) is 2.50. The summed E-state index contributed by atoms with van der Waals surface area (Å²) in [5.41, 5.74) is 0.746. The van der Waals surface area contributed by atoms with Crippen LogP contribution in [0.2, 0.25) is 0 Å². The predicted octanol–water partition coefficient (Wildman–Crippen LogP) is -0.541. The highest BCUT2D eigenvalue weighted by molar-refractivity contribution is 6.33.